The predicted molar refractivity (Wildman–Crippen MR) is 100 cm³/mol. The number of amides is 1. The van der Waals surface area contributed by atoms with Crippen molar-refractivity contribution in [2.24, 2.45) is 0 Å². The third-order valence-electron chi connectivity index (χ3n) is 4.37. The third-order valence-corrected chi connectivity index (χ3v) is 6.26. The van der Waals surface area contributed by atoms with Crippen LogP contribution in [0, 0.1) is 0 Å². The summed E-state index contributed by atoms with van der Waals surface area (Å²) in [5.41, 5.74) is 0.728. The maximum Gasteiger partial charge on any atom is 0.221 e. The highest BCUT2D eigenvalue weighted by Crippen LogP contribution is 2.19. The van der Waals surface area contributed by atoms with Gasteiger partial charge in [0.1, 0.15) is 0 Å². The summed E-state index contributed by atoms with van der Waals surface area (Å²) >= 11 is 0. The van der Waals surface area contributed by atoms with Gasteiger partial charge in [-0.3, -0.25) is 9.48 Å². The molecule has 1 atom stereocenters. The summed E-state index contributed by atoms with van der Waals surface area (Å²) < 4.78 is 34.2. The molecular weight excluding hydrogens is 368 g/mol. The smallest absolute Gasteiger partial charge is 0.221 e. The number of nitrogens with zero attached hydrogens (tertiary/aromatic N) is 3. The molecule has 1 fully saturated rings. The van der Waals surface area contributed by atoms with Crippen LogP contribution in [0.15, 0.2) is 48.8 Å². The Morgan fingerprint density at radius 3 is 2.81 bits per heavy atom. The monoisotopic (exact) mass is 392 g/mol. The number of hydrogen-bond acceptors (Lipinski definition) is 5. The van der Waals surface area contributed by atoms with Crippen molar-refractivity contribution in [3.8, 4) is 0 Å². The molecule has 9 heteroatoms. The second-order valence-electron chi connectivity index (χ2n) is 6.40. The Morgan fingerprint density at radius 2 is 2.07 bits per heavy atom. The van der Waals surface area contributed by atoms with Gasteiger partial charge in [-0.1, -0.05) is 30.3 Å². The fourth-order valence-corrected chi connectivity index (χ4v) is 4.78. The normalized spacial score (nSPS) is 18.3. The van der Waals surface area contributed by atoms with Crippen LogP contribution in [-0.2, 0) is 31.9 Å². The molecular formula is C18H24N4O4S. The van der Waals surface area contributed by atoms with Crippen molar-refractivity contribution in [3.63, 3.8) is 0 Å². The van der Waals surface area contributed by atoms with Gasteiger partial charge in [0.15, 0.2) is 0 Å². The molecule has 0 aliphatic carbocycles. The van der Waals surface area contributed by atoms with Crippen molar-refractivity contribution in [2.45, 2.75) is 24.8 Å². The Labute approximate surface area is 159 Å². The fourth-order valence-electron chi connectivity index (χ4n) is 3.06. The van der Waals surface area contributed by atoms with Crippen LogP contribution in [0.25, 0.3) is 0 Å². The van der Waals surface area contributed by atoms with E-state index in [2.05, 4.69) is 10.4 Å². The number of ether oxygens (including phenoxy) is 1. The first-order valence-electron chi connectivity index (χ1n) is 8.90. The minimum Gasteiger partial charge on any atom is -0.378 e. The lowest BCUT2D eigenvalue weighted by atomic mass is 10.2. The van der Waals surface area contributed by atoms with Gasteiger partial charge >= 0.3 is 0 Å². The van der Waals surface area contributed by atoms with Crippen LogP contribution in [0.3, 0.4) is 0 Å². The number of carbonyl (C=O) groups excluding carboxylic acids is 1. The van der Waals surface area contributed by atoms with E-state index in [1.54, 1.807) is 23.0 Å². The number of rotatable bonds is 8. The van der Waals surface area contributed by atoms with E-state index in [1.807, 2.05) is 30.5 Å². The average Bonchev–Trinajstić information content (AvgIpc) is 3.16. The molecule has 0 spiro atoms. The van der Waals surface area contributed by atoms with Crippen LogP contribution < -0.4 is 5.32 Å². The molecule has 27 heavy (non-hydrogen) atoms. The van der Waals surface area contributed by atoms with Crippen LogP contribution in [0.2, 0.25) is 0 Å². The molecule has 1 aromatic carbocycles. The zero-order valence-corrected chi connectivity index (χ0v) is 15.8. The van der Waals surface area contributed by atoms with E-state index in [9.17, 15) is 13.2 Å². The molecule has 1 amide bonds. The molecule has 1 aliphatic heterocycles. The summed E-state index contributed by atoms with van der Waals surface area (Å²) in [6.45, 7) is 1.83. The molecule has 8 nitrogen and oxygen atoms in total. The first-order valence-corrected chi connectivity index (χ1v) is 10.5. The van der Waals surface area contributed by atoms with Crippen molar-refractivity contribution in [2.75, 3.05) is 26.3 Å². The SMILES string of the molecule is O=C(C[C@H]1COCCN1S(=O)(=O)Cc1ccccc1)NCCn1cccn1. The number of nitrogens with one attached hydrogen (secondary N) is 1. The molecule has 2 heterocycles. The summed E-state index contributed by atoms with van der Waals surface area (Å²) in [5, 5.41) is 6.88. The van der Waals surface area contributed by atoms with Gasteiger partial charge in [-0.25, -0.2) is 8.42 Å². The summed E-state index contributed by atoms with van der Waals surface area (Å²) in [6.07, 6.45) is 3.57. The van der Waals surface area contributed by atoms with Gasteiger partial charge in [0.05, 0.1) is 31.6 Å². The van der Waals surface area contributed by atoms with E-state index in [-0.39, 0.29) is 31.2 Å². The van der Waals surface area contributed by atoms with Crippen LogP contribution in [0.4, 0.5) is 0 Å². The average molecular weight is 392 g/mol. The number of aromatic nitrogens is 2. The summed E-state index contributed by atoms with van der Waals surface area (Å²) in [6, 6.07) is 10.4. The molecule has 3 rings (SSSR count). The van der Waals surface area contributed by atoms with Crippen molar-refractivity contribution in [3.05, 3.63) is 54.4 Å². The van der Waals surface area contributed by atoms with Gasteiger partial charge in [-0.05, 0) is 11.6 Å². The number of morpholine rings is 1. The zero-order valence-electron chi connectivity index (χ0n) is 15.0. The van der Waals surface area contributed by atoms with Crippen LogP contribution in [0.5, 0.6) is 0 Å². The van der Waals surface area contributed by atoms with Gasteiger partial charge in [-0.2, -0.15) is 9.40 Å². The van der Waals surface area contributed by atoms with Gasteiger partial charge in [-0.15, -0.1) is 0 Å². The number of benzene rings is 1. The van der Waals surface area contributed by atoms with Gasteiger partial charge < -0.3 is 10.1 Å². The fraction of sp³-hybridized carbons (Fsp3) is 0.444. The lowest BCUT2D eigenvalue weighted by Crippen LogP contribution is -2.50. The van der Waals surface area contributed by atoms with Gasteiger partial charge in [0, 0.05) is 31.9 Å². The molecule has 0 radical (unpaired) electrons. The standard InChI is InChI=1S/C18H24N4O4S/c23-18(19-8-10-21-9-4-7-20-21)13-17-14-26-12-11-22(17)27(24,25)15-16-5-2-1-3-6-16/h1-7,9,17H,8,10-15H2,(H,19,23)/t17-/m0/s1. The Balaban J connectivity index is 1.56. The van der Waals surface area contributed by atoms with Crippen molar-refractivity contribution >= 4 is 15.9 Å². The van der Waals surface area contributed by atoms with Crippen molar-refractivity contribution < 1.29 is 17.9 Å². The summed E-state index contributed by atoms with van der Waals surface area (Å²) in [5.74, 6) is -0.275. The second-order valence-corrected chi connectivity index (χ2v) is 8.33. The molecule has 0 unspecified atom stereocenters. The van der Waals surface area contributed by atoms with E-state index >= 15 is 0 Å². The molecule has 2 aromatic rings. The lowest BCUT2D eigenvalue weighted by molar-refractivity contribution is -0.123. The largest absolute Gasteiger partial charge is 0.378 e. The van der Waals surface area contributed by atoms with Crippen molar-refractivity contribution in [1.29, 1.82) is 0 Å². The second kappa shape index (κ2) is 9.12. The Hall–Kier alpha value is -2.23. The highest BCUT2D eigenvalue weighted by molar-refractivity contribution is 7.88. The van der Waals surface area contributed by atoms with E-state index in [0.29, 0.717) is 19.7 Å². The lowest BCUT2D eigenvalue weighted by Gasteiger charge is -2.34. The third kappa shape index (κ3) is 5.62. The highest BCUT2D eigenvalue weighted by Gasteiger charge is 2.34. The van der Waals surface area contributed by atoms with Gasteiger partial charge in [0.25, 0.3) is 0 Å². The Morgan fingerprint density at radius 1 is 1.26 bits per heavy atom. The summed E-state index contributed by atoms with van der Waals surface area (Å²) in [4.78, 5) is 12.3. The molecule has 1 aliphatic rings. The van der Waals surface area contributed by atoms with Crippen LogP contribution >= 0.6 is 0 Å². The van der Waals surface area contributed by atoms with E-state index < -0.39 is 16.1 Å². The Kier molecular flexibility index (Phi) is 6.59. The maximum absolute atomic E-state index is 12.8. The van der Waals surface area contributed by atoms with Crippen molar-refractivity contribution in [1.82, 2.24) is 19.4 Å². The summed E-state index contributed by atoms with van der Waals surface area (Å²) in [7, 11) is -3.53. The minimum absolute atomic E-state index is 0.0765. The molecule has 1 aromatic heterocycles. The van der Waals surface area contributed by atoms with E-state index in [1.165, 1.54) is 4.31 Å². The van der Waals surface area contributed by atoms with Gasteiger partial charge in [0.2, 0.25) is 15.9 Å². The predicted octanol–water partition coefficient (Wildman–Crippen LogP) is 0.620. The number of sulfonamides is 1. The quantitative estimate of drug-likeness (QED) is 0.711. The molecule has 1 N–H and O–H groups in total. The molecule has 1 saturated heterocycles. The van der Waals surface area contributed by atoms with E-state index in [4.69, 9.17) is 4.74 Å². The number of carbonyl (C=O) groups is 1. The first-order chi connectivity index (χ1) is 13.0. The zero-order chi connectivity index (χ0) is 19.1. The molecule has 0 bridgehead atoms. The first kappa shape index (κ1) is 19.5. The molecule has 0 saturated carbocycles. The Bertz CT molecular complexity index is 824. The number of hydrogen-bond donors (Lipinski definition) is 1. The van der Waals surface area contributed by atoms with Crippen LogP contribution in [0.1, 0.15) is 12.0 Å². The topological polar surface area (TPSA) is 93.5 Å². The molecule has 146 valence electrons. The van der Waals surface area contributed by atoms with Crippen LogP contribution in [-0.4, -0.2) is 60.8 Å². The minimum atomic E-state index is -3.53. The van der Waals surface area contributed by atoms with E-state index in [0.717, 1.165) is 5.56 Å². The maximum atomic E-state index is 12.8. The highest BCUT2D eigenvalue weighted by atomic mass is 32.2.